The molecular weight excluding hydrogens is 262 g/mol. The zero-order valence-electron chi connectivity index (χ0n) is 10.1. The van der Waals surface area contributed by atoms with Crippen molar-refractivity contribution in [2.24, 2.45) is 11.3 Å². The normalized spacial score (nSPS) is 25.6. The highest BCUT2D eigenvalue weighted by Crippen LogP contribution is 2.46. The molecule has 1 saturated carbocycles. The van der Waals surface area contributed by atoms with Gasteiger partial charge in [-0.1, -0.05) is 42.3 Å². The highest BCUT2D eigenvalue weighted by Gasteiger charge is 2.38. The van der Waals surface area contributed by atoms with Gasteiger partial charge >= 0.3 is 0 Å². The molecule has 0 N–H and O–H groups in total. The van der Waals surface area contributed by atoms with E-state index in [4.69, 9.17) is 0 Å². The summed E-state index contributed by atoms with van der Waals surface area (Å²) in [7, 11) is 0. The molecule has 1 aliphatic rings. The molecule has 1 aromatic rings. The van der Waals surface area contributed by atoms with E-state index in [1.807, 2.05) is 12.3 Å². The first-order valence-corrected chi connectivity index (χ1v) is 7.05. The second kappa shape index (κ2) is 4.87. The molecule has 0 bridgehead atoms. The Kier molecular flexibility index (Phi) is 3.68. The molecule has 2 unspecified atom stereocenters. The lowest BCUT2D eigenvalue weighted by molar-refractivity contribution is 0.254. The molecule has 0 aliphatic heterocycles. The van der Waals surface area contributed by atoms with Crippen LogP contribution >= 0.6 is 15.9 Å². The van der Waals surface area contributed by atoms with Crippen molar-refractivity contribution in [1.29, 1.82) is 0 Å². The van der Waals surface area contributed by atoms with E-state index in [1.54, 1.807) is 0 Å². The fourth-order valence-corrected chi connectivity index (χ4v) is 4.20. The average molecular weight is 282 g/mol. The summed E-state index contributed by atoms with van der Waals surface area (Å²) in [6.07, 6.45) is 7.03. The van der Waals surface area contributed by atoms with Crippen LogP contribution in [0.15, 0.2) is 24.4 Å². The van der Waals surface area contributed by atoms with E-state index in [9.17, 15) is 0 Å². The van der Waals surface area contributed by atoms with Gasteiger partial charge in [-0.15, -0.1) is 0 Å². The van der Waals surface area contributed by atoms with Crippen molar-refractivity contribution in [2.75, 3.05) is 0 Å². The molecule has 1 aromatic heterocycles. The molecule has 2 atom stereocenters. The molecule has 0 aromatic carbocycles. The minimum Gasteiger partial charge on any atom is -0.261 e. The third kappa shape index (κ3) is 2.65. The predicted octanol–water partition coefficient (Wildman–Crippen LogP) is 4.21. The fourth-order valence-electron chi connectivity index (χ4n) is 2.89. The first kappa shape index (κ1) is 12.1. The van der Waals surface area contributed by atoms with Crippen molar-refractivity contribution in [3.05, 3.63) is 30.1 Å². The third-order valence-corrected chi connectivity index (χ3v) is 4.87. The topological polar surface area (TPSA) is 12.9 Å². The summed E-state index contributed by atoms with van der Waals surface area (Å²) < 4.78 is 0. The molecule has 1 aliphatic carbocycles. The molecule has 0 saturated heterocycles. The maximum atomic E-state index is 4.41. The molecule has 0 radical (unpaired) electrons. The highest BCUT2D eigenvalue weighted by molar-refractivity contribution is 9.09. The molecule has 1 fully saturated rings. The van der Waals surface area contributed by atoms with E-state index in [0.717, 1.165) is 12.3 Å². The molecule has 1 nitrogen and oxygen atoms in total. The number of hydrogen-bond donors (Lipinski definition) is 0. The summed E-state index contributed by atoms with van der Waals surface area (Å²) in [6, 6.07) is 6.17. The molecule has 1 heterocycles. The Bertz CT molecular complexity index is 334. The van der Waals surface area contributed by atoms with Crippen molar-refractivity contribution in [3.8, 4) is 0 Å². The Morgan fingerprint density at radius 2 is 2.31 bits per heavy atom. The summed E-state index contributed by atoms with van der Waals surface area (Å²) in [6.45, 7) is 4.80. The summed E-state index contributed by atoms with van der Waals surface area (Å²) in [5.41, 5.74) is 1.69. The molecule has 2 rings (SSSR count). The lowest BCUT2D eigenvalue weighted by Crippen LogP contribution is -2.27. The third-order valence-electron chi connectivity index (χ3n) is 3.91. The molecule has 0 amide bonds. The Hall–Kier alpha value is -0.370. The van der Waals surface area contributed by atoms with Gasteiger partial charge in [-0.3, -0.25) is 4.98 Å². The average Bonchev–Trinajstić information content (AvgIpc) is 2.59. The van der Waals surface area contributed by atoms with E-state index in [-0.39, 0.29) is 0 Å². The van der Waals surface area contributed by atoms with Gasteiger partial charge in [-0.05, 0) is 36.3 Å². The van der Waals surface area contributed by atoms with Crippen LogP contribution in [0.25, 0.3) is 0 Å². The SMILES string of the molecule is CC1(C)CCCC1C(Br)Cc1ccccn1. The Morgan fingerprint density at radius 3 is 2.88 bits per heavy atom. The smallest absolute Gasteiger partial charge is 0.0414 e. The summed E-state index contributed by atoms with van der Waals surface area (Å²) in [5, 5.41) is 0. The first-order valence-electron chi connectivity index (χ1n) is 6.13. The zero-order valence-corrected chi connectivity index (χ0v) is 11.7. The number of halogens is 1. The van der Waals surface area contributed by atoms with Gasteiger partial charge in [0.25, 0.3) is 0 Å². The monoisotopic (exact) mass is 281 g/mol. The Morgan fingerprint density at radius 1 is 1.50 bits per heavy atom. The van der Waals surface area contributed by atoms with Gasteiger partial charge in [0.15, 0.2) is 0 Å². The molecule has 88 valence electrons. The second-order valence-electron chi connectivity index (χ2n) is 5.53. The van der Waals surface area contributed by atoms with Crippen molar-refractivity contribution in [1.82, 2.24) is 4.98 Å². The van der Waals surface area contributed by atoms with E-state index in [2.05, 4.69) is 46.9 Å². The number of alkyl halides is 1. The molecule has 2 heteroatoms. The summed E-state index contributed by atoms with van der Waals surface area (Å²) >= 11 is 3.88. The summed E-state index contributed by atoms with van der Waals surface area (Å²) in [5.74, 6) is 0.787. The van der Waals surface area contributed by atoms with Crippen LogP contribution in [-0.4, -0.2) is 9.81 Å². The maximum Gasteiger partial charge on any atom is 0.0414 e. The standard InChI is InChI=1S/C14H20BrN/c1-14(2)8-5-7-12(14)13(15)10-11-6-3-4-9-16-11/h3-4,6,9,12-13H,5,7-8,10H2,1-2H3. The number of rotatable bonds is 3. The van der Waals surface area contributed by atoms with Crippen LogP contribution in [-0.2, 0) is 6.42 Å². The number of nitrogens with zero attached hydrogens (tertiary/aromatic N) is 1. The highest BCUT2D eigenvalue weighted by atomic mass is 79.9. The Balaban J connectivity index is 2.01. The van der Waals surface area contributed by atoms with E-state index in [0.29, 0.717) is 10.2 Å². The van der Waals surface area contributed by atoms with Gasteiger partial charge in [-0.25, -0.2) is 0 Å². The van der Waals surface area contributed by atoms with Gasteiger partial charge in [0, 0.05) is 23.1 Å². The van der Waals surface area contributed by atoms with Crippen LogP contribution < -0.4 is 0 Å². The largest absolute Gasteiger partial charge is 0.261 e. The minimum absolute atomic E-state index is 0.489. The van der Waals surface area contributed by atoms with Crippen molar-refractivity contribution in [3.63, 3.8) is 0 Å². The lowest BCUT2D eigenvalue weighted by atomic mass is 9.79. The van der Waals surface area contributed by atoms with Crippen molar-refractivity contribution in [2.45, 2.75) is 44.4 Å². The minimum atomic E-state index is 0.489. The summed E-state index contributed by atoms with van der Waals surface area (Å²) in [4.78, 5) is 4.98. The molecular formula is C14H20BrN. The number of hydrogen-bond acceptors (Lipinski definition) is 1. The second-order valence-corrected chi connectivity index (χ2v) is 6.70. The maximum absolute atomic E-state index is 4.41. The van der Waals surface area contributed by atoms with Crippen LogP contribution in [0.2, 0.25) is 0 Å². The quantitative estimate of drug-likeness (QED) is 0.757. The van der Waals surface area contributed by atoms with Gasteiger partial charge in [0.1, 0.15) is 0 Å². The van der Waals surface area contributed by atoms with E-state index < -0.39 is 0 Å². The molecule has 16 heavy (non-hydrogen) atoms. The van der Waals surface area contributed by atoms with Gasteiger partial charge in [0.05, 0.1) is 0 Å². The van der Waals surface area contributed by atoms with E-state index in [1.165, 1.54) is 25.0 Å². The van der Waals surface area contributed by atoms with Gasteiger partial charge < -0.3 is 0 Å². The predicted molar refractivity (Wildman–Crippen MR) is 71.8 cm³/mol. The van der Waals surface area contributed by atoms with Crippen LogP contribution in [0, 0.1) is 11.3 Å². The van der Waals surface area contributed by atoms with Crippen molar-refractivity contribution >= 4 is 15.9 Å². The van der Waals surface area contributed by atoms with Crippen LogP contribution in [0.3, 0.4) is 0 Å². The van der Waals surface area contributed by atoms with Crippen LogP contribution in [0.4, 0.5) is 0 Å². The fraction of sp³-hybridized carbons (Fsp3) is 0.643. The van der Waals surface area contributed by atoms with Gasteiger partial charge in [-0.2, -0.15) is 0 Å². The van der Waals surface area contributed by atoms with Crippen molar-refractivity contribution < 1.29 is 0 Å². The first-order chi connectivity index (χ1) is 7.59. The molecule has 0 spiro atoms. The number of aromatic nitrogens is 1. The van der Waals surface area contributed by atoms with E-state index >= 15 is 0 Å². The van der Waals surface area contributed by atoms with Crippen LogP contribution in [0.1, 0.15) is 38.8 Å². The lowest BCUT2D eigenvalue weighted by Gasteiger charge is -2.31. The van der Waals surface area contributed by atoms with Crippen LogP contribution in [0.5, 0.6) is 0 Å². The van der Waals surface area contributed by atoms with Gasteiger partial charge in [0.2, 0.25) is 0 Å². The Labute approximate surface area is 107 Å². The number of pyridine rings is 1. The zero-order chi connectivity index (χ0) is 11.6.